The minimum atomic E-state index is -1.36. The van der Waals surface area contributed by atoms with Crippen LogP contribution in [0.5, 0.6) is 0 Å². The van der Waals surface area contributed by atoms with Gasteiger partial charge >= 0.3 is 0 Å². The maximum absolute atomic E-state index is 14.1. The molecule has 0 radical (unpaired) electrons. The van der Waals surface area contributed by atoms with Gasteiger partial charge in [-0.3, -0.25) is 9.59 Å². The lowest BCUT2D eigenvalue weighted by atomic mass is 9.87. The van der Waals surface area contributed by atoms with Gasteiger partial charge in [0.1, 0.15) is 5.82 Å². The summed E-state index contributed by atoms with van der Waals surface area (Å²) in [6.45, 7) is 8.65. The predicted molar refractivity (Wildman–Crippen MR) is 83.9 cm³/mol. The van der Waals surface area contributed by atoms with Crippen LogP contribution >= 0.6 is 0 Å². The molecule has 0 spiro atoms. The third kappa shape index (κ3) is 2.78. The second kappa shape index (κ2) is 5.51. The highest BCUT2D eigenvalue weighted by atomic mass is 19.2. The van der Waals surface area contributed by atoms with Gasteiger partial charge in [-0.1, -0.05) is 20.8 Å². The van der Waals surface area contributed by atoms with Crippen molar-refractivity contribution in [2.45, 2.75) is 40.7 Å². The molecule has 2 aromatic carbocycles. The molecule has 0 aliphatic heterocycles. The number of benzene rings is 1. The van der Waals surface area contributed by atoms with Gasteiger partial charge in [0.05, 0.1) is 11.3 Å². The molecule has 0 saturated carbocycles. The summed E-state index contributed by atoms with van der Waals surface area (Å²) in [4.78, 5) is 23.6. The summed E-state index contributed by atoms with van der Waals surface area (Å²) in [6.07, 6.45) is 0. The van der Waals surface area contributed by atoms with Gasteiger partial charge in [-0.15, -0.1) is 0 Å². The molecule has 3 nitrogen and oxygen atoms in total. The van der Waals surface area contributed by atoms with Crippen LogP contribution in [-0.4, -0.2) is 6.04 Å². The standard InChI is InChI=1S/C17H18F3NO2/c1-7-10(18)6-9(13(20)12(7)19)11-14(16(23)15(11)22)21-8(2)17(3,4)5/h6,8,21H,1-5H3. The lowest BCUT2D eigenvalue weighted by Crippen LogP contribution is -2.41. The minimum absolute atomic E-state index is 0.0982. The minimum Gasteiger partial charge on any atom is -0.378 e. The Bertz CT molecular complexity index is 843. The van der Waals surface area contributed by atoms with Crippen molar-refractivity contribution in [3.05, 3.63) is 49.5 Å². The number of nitrogens with one attached hydrogen (secondary N) is 1. The molecule has 0 amide bonds. The van der Waals surface area contributed by atoms with Crippen molar-refractivity contribution in [3.8, 4) is 11.1 Å². The molecule has 2 aromatic rings. The molecule has 0 aromatic heterocycles. The zero-order valence-electron chi connectivity index (χ0n) is 13.6. The van der Waals surface area contributed by atoms with Gasteiger partial charge in [-0.25, -0.2) is 13.2 Å². The maximum atomic E-state index is 14.1. The van der Waals surface area contributed by atoms with Gasteiger partial charge in [0.25, 0.3) is 0 Å². The van der Waals surface area contributed by atoms with Crippen molar-refractivity contribution in [3.63, 3.8) is 0 Å². The number of rotatable bonds is 3. The summed E-state index contributed by atoms with van der Waals surface area (Å²) in [5.41, 5.74) is -3.40. The first-order valence-corrected chi connectivity index (χ1v) is 7.21. The first-order valence-electron chi connectivity index (χ1n) is 7.21. The summed E-state index contributed by atoms with van der Waals surface area (Å²) in [6, 6.07) is 0.532. The van der Waals surface area contributed by atoms with Crippen molar-refractivity contribution in [1.29, 1.82) is 0 Å². The third-order valence-corrected chi connectivity index (χ3v) is 4.23. The van der Waals surface area contributed by atoms with Gasteiger partial charge in [0.2, 0.25) is 10.9 Å². The summed E-state index contributed by atoms with van der Waals surface area (Å²) < 4.78 is 41.5. The smallest absolute Gasteiger partial charge is 0.250 e. The van der Waals surface area contributed by atoms with Gasteiger partial charge in [0, 0.05) is 17.2 Å². The molecule has 6 heteroatoms. The van der Waals surface area contributed by atoms with E-state index in [1.165, 1.54) is 0 Å². The lowest BCUT2D eigenvalue weighted by Gasteiger charge is -2.30. The number of hydrogen-bond acceptors (Lipinski definition) is 3. The van der Waals surface area contributed by atoms with E-state index in [0.717, 1.165) is 13.0 Å². The highest BCUT2D eigenvalue weighted by Crippen LogP contribution is 2.32. The second-order valence-electron chi connectivity index (χ2n) is 6.80. The average Bonchev–Trinajstić information content (AvgIpc) is 2.47. The molecule has 1 N–H and O–H groups in total. The zero-order chi connectivity index (χ0) is 17.7. The van der Waals surface area contributed by atoms with Gasteiger partial charge in [-0.05, 0) is 25.3 Å². The van der Waals surface area contributed by atoms with Crippen LogP contribution in [0.3, 0.4) is 0 Å². The fourth-order valence-electron chi connectivity index (χ4n) is 2.09. The Labute approximate surface area is 131 Å². The number of hydrogen-bond donors (Lipinski definition) is 1. The zero-order valence-corrected chi connectivity index (χ0v) is 13.6. The van der Waals surface area contributed by atoms with E-state index in [9.17, 15) is 22.8 Å². The van der Waals surface area contributed by atoms with E-state index < -0.39 is 39.4 Å². The van der Waals surface area contributed by atoms with Crippen LogP contribution in [0.1, 0.15) is 33.3 Å². The van der Waals surface area contributed by atoms with Gasteiger partial charge < -0.3 is 5.32 Å². The SMILES string of the molecule is Cc1c(F)cc(-c2c(NC(C)C(C)(C)C)c(=O)c2=O)c(F)c1F. The number of anilines is 1. The molecule has 0 aliphatic carbocycles. The first kappa shape index (κ1) is 17.2. The second-order valence-corrected chi connectivity index (χ2v) is 6.80. The molecule has 0 fully saturated rings. The summed E-state index contributed by atoms with van der Waals surface area (Å²) in [5, 5.41) is 2.86. The average molecular weight is 325 g/mol. The Kier molecular flexibility index (Phi) is 4.13. The normalized spacial score (nSPS) is 13.4. The van der Waals surface area contributed by atoms with Crippen LogP contribution in [0.4, 0.5) is 18.9 Å². The fraction of sp³-hybridized carbons (Fsp3) is 0.412. The van der Waals surface area contributed by atoms with E-state index >= 15 is 0 Å². The maximum Gasteiger partial charge on any atom is 0.250 e. The Morgan fingerprint density at radius 1 is 1.04 bits per heavy atom. The van der Waals surface area contributed by atoms with E-state index in [1.54, 1.807) is 6.92 Å². The third-order valence-electron chi connectivity index (χ3n) is 4.23. The molecule has 1 atom stereocenters. The monoisotopic (exact) mass is 325 g/mol. The van der Waals surface area contributed by atoms with E-state index in [2.05, 4.69) is 5.32 Å². The molecular weight excluding hydrogens is 307 g/mol. The fourth-order valence-corrected chi connectivity index (χ4v) is 2.09. The molecule has 23 heavy (non-hydrogen) atoms. The van der Waals surface area contributed by atoms with Crippen molar-refractivity contribution in [2.75, 3.05) is 5.32 Å². The van der Waals surface area contributed by atoms with E-state index in [1.807, 2.05) is 20.8 Å². The topological polar surface area (TPSA) is 46.2 Å². The Hall–Kier alpha value is -2.11. The van der Waals surface area contributed by atoms with Crippen LogP contribution in [0.2, 0.25) is 0 Å². The molecule has 0 heterocycles. The first-order chi connectivity index (χ1) is 10.5. The van der Waals surface area contributed by atoms with Gasteiger partial charge in [0.15, 0.2) is 11.6 Å². The number of halogens is 3. The van der Waals surface area contributed by atoms with Crippen molar-refractivity contribution < 1.29 is 13.2 Å². The summed E-state index contributed by atoms with van der Waals surface area (Å²) in [7, 11) is 0. The van der Waals surface area contributed by atoms with Crippen LogP contribution in [0.25, 0.3) is 11.1 Å². The quantitative estimate of drug-likeness (QED) is 0.694. The summed E-state index contributed by atoms with van der Waals surface area (Å²) >= 11 is 0. The van der Waals surface area contributed by atoms with Crippen molar-refractivity contribution in [2.24, 2.45) is 5.41 Å². The van der Waals surface area contributed by atoms with Crippen LogP contribution < -0.4 is 16.2 Å². The highest BCUT2D eigenvalue weighted by molar-refractivity contribution is 5.82. The Morgan fingerprint density at radius 2 is 1.61 bits per heavy atom. The van der Waals surface area contributed by atoms with E-state index in [4.69, 9.17) is 0 Å². The molecule has 1 unspecified atom stereocenters. The van der Waals surface area contributed by atoms with Crippen LogP contribution in [0, 0.1) is 29.8 Å². The Balaban J connectivity index is 2.58. The molecule has 0 aliphatic rings. The molecule has 0 saturated heterocycles. The van der Waals surface area contributed by atoms with Crippen molar-refractivity contribution in [1.82, 2.24) is 0 Å². The van der Waals surface area contributed by atoms with Crippen LogP contribution in [0.15, 0.2) is 15.7 Å². The van der Waals surface area contributed by atoms with Crippen LogP contribution in [-0.2, 0) is 0 Å². The molecular formula is C17H18F3NO2. The highest BCUT2D eigenvalue weighted by Gasteiger charge is 2.30. The van der Waals surface area contributed by atoms with E-state index in [-0.39, 0.29) is 22.7 Å². The van der Waals surface area contributed by atoms with E-state index in [0.29, 0.717) is 0 Å². The largest absolute Gasteiger partial charge is 0.378 e. The lowest BCUT2D eigenvalue weighted by molar-refractivity contribution is 0.359. The predicted octanol–water partition coefficient (Wildman–Crippen LogP) is 3.52. The van der Waals surface area contributed by atoms with Gasteiger partial charge in [-0.2, -0.15) is 0 Å². The Morgan fingerprint density at radius 3 is 2.13 bits per heavy atom. The summed E-state index contributed by atoms with van der Waals surface area (Å²) in [5.74, 6) is -3.66. The molecule has 0 bridgehead atoms. The van der Waals surface area contributed by atoms with Crippen molar-refractivity contribution >= 4 is 5.69 Å². The molecule has 124 valence electrons. The molecule has 2 rings (SSSR count).